The third-order valence-corrected chi connectivity index (χ3v) is 5.97. The number of aliphatic hydroxyl groups is 1. The lowest BCUT2D eigenvalue weighted by Crippen LogP contribution is -2.36. The van der Waals surface area contributed by atoms with E-state index in [4.69, 9.17) is 9.47 Å². The van der Waals surface area contributed by atoms with Crippen LogP contribution in [-0.2, 0) is 11.3 Å². The lowest BCUT2D eigenvalue weighted by atomic mass is 10.1. The second-order valence-electron chi connectivity index (χ2n) is 8.23. The molecule has 1 saturated heterocycles. The van der Waals surface area contributed by atoms with E-state index in [1.807, 2.05) is 35.2 Å². The number of hydrogen-bond acceptors (Lipinski definition) is 10. The number of rotatable bonds is 8. The first-order valence-corrected chi connectivity index (χ1v) is 11.6. The Labute approximate surface area is 212 Å². The van der Waals surface area contributed by atoms with Gasteiger partial charge in [-0.05, 0) is 0 Å². The minimum Gasteiger partial charge on any atom is -0.494 e. The van der Waals surface area contributed by atoms with Crippen LogP contribution in [0.3, 0.4) is 0 Å². The highest BCUT2D eigenvalue weighted by Crippen LogP contribution is 2.39. The molecule has 1 aliphatic rings. The molecule has 2 N–H and O–H groups in total. The minimum atomic E-state index is -0.419. The largest absolute Gasteiger partial charge is 0.494 e. The maximum absolute atomic E-state index is 11.9. The van der Waals surface area contributed by atoms with Crippen molar-refractivity contribution in [3.8, 4) is 22.8 Å². The zero-order valence-electron chi connectivity index (χ0n) is 20.1. The molecule has 2 aromatic carbocycles. The number of hydrogen-bond donors (Lipinski definition) is 2. The van der Waals surface area contributed by atoms with Gasteiger partial charge in [-0.15, -0.1) is 0 Å². The number of anilines is 3. The fourth-order valence-electron chi connectivity index (χ4n) is 4.17. The summed E-state index contributed by atoms with van der Waals surface area (Å²) >= 11 is 0. The van der Waals surface area contributed by atoms with Gasteiger partial charge in [-0.2, -0.15) is 10.1 Å². The molecule has 0 aliphatic carbocycles. The van der Waals surface area contributed by atoms with Crippen molar-refractivity contribution in [3.05, 3.63) is 76.6 Å². The van der Waals surface area contributed by atoms with Crippen molar-refractivity contribution < 1.29 is 19.5 Å². The number of nitro groups is 1. The normalized spacial score (nSPS) is 13.4. The topological polar surface area (TPSA) is 141 Å². The summed E-state index contributed by atoms with van der Waals surface area (Å²) in [7, 11) is 1.50. The Balaban J connectivity index is 1.47. The van der Waals surface area contributed by atoms with Crippen molar-refractivity contribution >= 4 is 23.0 Å². The van der Waals surface area contributed by atoms with Crippen molar-refractivity contribution in [2.75, 3.05) is 43.6 Å². The molecule has 4 aromatic rings. The predicted molar refractivity (Wildman–Crippen MR) is 136 cm³/mol. The molecule has 0 unspecified atom stereocenters. The van der Waals surface area contributed by atoms with Crippen molar-refractivity contribution in [2.24, 2.45) is 0 Å². The first kappa shape index (κ1) is 24.2. The number of morpholine rings is 1. The van der Waals surface area contributed by atoms with E-state index < -0.39 is 4.92 Å². The molecule has 0 radical (unpaired) electrons. The maximum atomic E-state index is 11.9. The summed E-state index contributed by atoms with van der Waals surface area (Å²) in [6.45, 7) is 1.91. The molecule has 3 heterocycles. The second-order valence-corrected chi connectivity index (χ2v) is 8.23. The molecule has 37 heavy (non-hydrogen) atoms. The van der Waals surface area contributed by atoms with Crippen LogP contribution in [0.4, 0.5) is 23.0 Å². The highest BCUT2D eigenvalue weighted by molar-refractivity contribution is 5.77. The highest BCUT2D eigenvalue weighted by Gasteiger charge is 2.25. The van der Waals surface area contributed by atoms with E-state index in [-0.39, 0.29) is 18.2 Å². The average molecular weight is 504 g/mol. The third-order valence-electron chi connectivity index (χ3n) is 5.97. The maximum Gasteiger partial charge on any atom is 0.294 e. The molecule has 0 spiro atoms. The summed E-state index contributed by atoms with van der Waals surface area (Å²) in [5.41, 5.74) is 2.92. The zero-order chi connectivity index (χ0) is 25.8. The number of ether oxygens (including phenoxy) is 2. The Bertz CT molecular complexity index is 1400. The van der Waals surface area contributed by atoms with Crippen LogP contribution in [0.25, 0.3) is 17.1 Å². The Kier molecular flexibility index (Phi) is 6.92. The van der Waals surface area contributed by atoms with Gasteiger partial charge in [0.1, 0.15) is 11.4 Å². The molecule has 2 aromatic heterocycles. The molecular weight excluding hydrogens is 478 g/mol. The Morgan fingerprint density at radius 1 is 1.19 bits per heavy atom. The zero-order valence-corrected chi connectivity index (χ0v) is 20.1. The molecule has 1 fully saturated rings. The summed E-state index contributed by atoms with van der Waals surface area (Å²) in [5.74, 6) is 1.06. The first-order valence-electron chi connectivity index (χ1n) is 11.6. The van der Waals surface area contributed by atoms with Crippen LogP contribution in [-0.4, -0.2) is 63.2 Å². The Morgan fingerprint density at radius 2 is 1.97 bits per heavy atom. The van der Waals surface area contributed by atoms with Crippen molar-refractivity contribution in [2.45, 2.75) is 6.61 Å². The van der Waals surface area contributed by atoms with E-state index in [1.54, 1.807) is 29.2 Å². The number of aromatic nitrogens is 4. The van der Waals surface area contributed by atoms with Gasteiger partial charge in [0, 0.05) is 54.8 Å². The van der Waals surface area contributed by atoms with Gasteiger partial charge < -0.3 is 24.8 Å². The van der Waals surface area contributed by atoms with E-state index in [9.17, 15) is 15.2 Å². The molecule has 1 aliphatic heterocycles. The van der Waals surface area contributed by atoms with Crippen LogP contribution in [0.2, 0.25) is 0 Å². The monoisotopic (exact) mass is 503 g/mol. The quantitative estimate of drug-likeness (QED) is 0.272. The van der Waals surface area contributed by atoms with Crippen molar-refractivity contribution in [3.63, 3.8) is 0 Å². The lowest BCUT2D eigenvalue weighted by molar-refractivity contribution is -0.384. The first-order chi connectivity index (χ1) is 18.1. The van der Waals surface area contributed by atoms with Gasteiger partial charge in [-0.3, -0.25) is 10.1 Å². The van der Waals surface area contributed by atoms with E-state index in [0.29, 0.717) is 60.5 Å². The van der Waals surface area contributed by atoms with Crippen LogP contribution in [0, 0.1) is 10.1 Å². The number of nitro benzene ring substituents is 1. The SMILES string of the molecule is COc1cc(N2CCOCC2)c([N+](=O)[O-])cc1Nc1nccc(-n2cc(CO)c(-c3ccccc3)n2)n1. The fraction of sp³-hybridized carbons (Fsp3) is 0.240. The molecule has 0 amide bonds. The Morgan fingerprint density at radius 3 is 2.68 bits per heavy atom. The van der Waals surface area contributed by atoms with Gasteiger partial charge in [0.25, 0.3) is 5.69 Å². The van der Waals surface area contributed by atoms with E-state index >= 15 is 0 Å². The number of aliphatic hydroxyl groups excluding tert-OH is 1. The molecule has 190 valence electrons. The molecular formula is C25H25N7O5. The van der Waals surface area contributed by atoms with Crippen molar-refractivity contribution in [1.82, 2.24) is 19.7 Å². The molecule has 0 atom stereocenters. The van der Waals surface area contributed by atoms with Gasteiger partial charge in [0.2, 0.25) is 5.95 Å². The number of nitrogens with one attached hydrogen (secondary N) is 1. The van der Waals surface area contributed by atoms with Crippen LogP contribution in [0.5, 0.6) is 5.75 Å². The van der Waals surface area contributed by atoms with Gasteiger partial charge >= 0.3 is 0 Å². The van der Waals surface area contributed by atoms with Crippen LogP contribution < -0.4 is 15.0 Å². The Hall–Kier alpha value is -4.55. The smallest absolute Gasteiger partial charge is 0.294 e. The molecule has 5 rings (SSSR count). The van der Waals surface area contributed by atoms with Crippen LogP contribution in [0.15, 0.2) is 60.9 Å². The van der Waals surface area contributed by atoms with Gasteiger partial charge in [0.15, 0.2) is 5.82 Å². The van der Waals surface area contributed by atoms with Gasteiger partial charge in [-0.1, -0.05) is 30.3 Å². The summed E-state index contributed by atoms with van der Waals surface area (Å²) in [6.07, 6.45) is 3.26. The summed E-state index contributed by atoms with van der Waals surface area (Å²) in [4.78, 5) is 22.2. The summed E-state index contributed by atoms with van der Waals surface area (Å²) < 4.78 is 12.5. The van der Waals surface area contributed by atoms with Crippen LogP contribution in [0.1, 0.15) is 5.56 Å². The number of benzene rings is 2. The van der Waals surface area contributed by atoms with E-state index in [0.717, 1.165) is 5.56 Å². The van der Waals surface area contributed by atoms with Gasteiger partial charge in [-0.25, -0.2) is 9.67 Å². The van der Waals surface area contributed by atoms with Gasteiger partial charge in [0.05, 0.1) is 43.2 Å². The molecule has 12 nitrogen and oxygen atoms in total. The second kappa shape index (κ2) is 10.6. The lowest BCUT2D eigenvalue weighted by Gasteiger charge is -2.29. The predicted octanol–water partition coefficient (Wildman–Crippen LogP) is 3.32. The fourth-order valence-corrected chi connectivity index (χ4v) is 4.17. The third kappa shape index (κ3) is 5.06. The minimum absolute atomic E-state index is 0.0616. The number of nitrogens with zero attached hydrogens (tertiary/aromatic N) is 6. The molecule has 0 saturated carbocycles. The van der Waals surface area contributed by atoms with E-state index in [1.165, 1.54) is 13.2 Å². The summed E-state index contributed by atoms with van der Waals surface area (Å²) in [6, 6.07) is 14.3. The van der Waals surface area contributed by atoms with E-state index in [2.05, 4.69) is 20.4 Å². The highest BCUT2D eigenvalue weighted by atomic mass is 16.6. The molecule has 12 heteroatoms. The molecule has 0 bridgehead atoms. The van der Waals surface area contributed by atoms with Crippen molar-refractivity contribution in [1.29, 1.82) is 0 Å². The average Bonchev–Trinajstić information content (AvgIpc) is 3.39. The standard InChI is InChI=1S/C25H25N7O5/c1-36-22-14-20(30-9-11-37-12-10-30)21(32(34)35)13-19(22)27-25-26-8-7-23(28-25)31-15-18(16-33)24(29-31)17-5-3-2-4-6-17/h2-8,13-15,33H,9-12,16H2,1H3,(H,26,27,28). The van der Waals surface area contributed by atoms with Crippen LogP contribution >= 0.6 is 0 Å². The number of methoxy groups -OCH3 is 1. The summed E-state index contributed by atoms with van der Waals surface area (Å²) in [5, 5.41) is 29.4.